The number of hydrogen-bond donors (Lipinski definition) is 0. The molecule has 0 saturated heterocycles. The predicted octanol–water partition coefficient (Wildman–Crippen LogP) is 11.1. The standard InChI is InChI=1S/C38H37F3/c1-35(2,3)34-27-12-9-8-11-24(27)20-25-16-15-23(19-29(25)34)22-36(4,5)30-13-10-14-31-33(30)28-18-17-26(38(39,40)41)21-32(28)37(31,6)7/h8-21H,22H2,1-7H3. The summed E-state index contributed by atoms with van der Waals surface area (Å²) in [5.74, 6) is 0. The molecule has 0 spiro atoms. The van der Waals surface area contributed by atoms with Crippen LogP contribution in [-0.2, 0) is 28.8 Å². The van der Waals surface area contributed by atoms with Gasteiger partial charge in [0.05, 0.1) is 5.56 Å². The quantitative estimate of drug-likeness (QED) is 0.196. The second-order valence-electron chi connectivity index (χ2n) is 14.0. The summed E-state index contributed by atoms with van der Waals surface area (Å²) in [5.41, 5.74) is 6.27. The molecule has 5 aromatic carbocycles. The van der Waals surface area contributed by atoms with Crippen LogP contribution in [0, 0.1) is 0 Å². The smallest absolute Gasteiger partial charge is 0.166 e. The van der Waals surface area contributed by atoms with E-state index in [1.165, 1.54) is 50.4 Å². The number of rotatable bonds is 3. The van der Waals surface area contributed by atoms with Gasteiger partial charge >= 0.3 is 6.18 Å². The Labute approximate surface area is 241 Å². The van der Waals surface area contributed by atoms with Gasteiger partial charge < -0.3 is 0 Å². The Balaban J connectivity index is 1.48. The van der Waals surface area contributed by atoms with Crippen molar-refractivity contribution in [3.8, 4) is 11.1 Å². The lowest BCUT2D eigenvalue weighted by Gasteiger charge is -2.30. The largest absolute Gasteiger partial charge is 0.416 e. The van der Waals surface area contributed by atoms with E-state index >= 15 is 0 Å². The van der Waals surface area contributed by atoms with Crippen molar-refractivity contribution in [3.05, 3.63) is 118 Å². The van der Waals surface area contributed by atoms with E-state index < -0.39 is 17.2 Å². The molecule has 0 atom stereocenters. The minimum absolute atomic E-state index is 0.0297. The van der Waals surface area contributed by atoms with Crippen LogP contribution in [0.4, 0.5) is 13.2 Å². The van der Waals surface area contributed by atoms with E-state index in [1.54, 1.807) is 6.07 Å². The second-order valence-corrected chi connectivity index (χ2v) is 14.0. The van der Waals surface area contributed by atoms with Crippen LogP contribution < -0.4 is 0 Å². The van der Waals surface area contributed by atoms with Gasteiger partial charge in [-0.15, -0.1) is 0 Å². The zero-order chi connectivity index (χ0) is 29.5. The molecule has 0 bridgehead atoms. The summed E-state index contributed by atoms with van der Waals surface area (Å²) in [6.07, 6.45) is -3.55. The number of benzene rings is 5. The zero-order valence-corrected chi connectivity index (χ0v) is 24.9. The summed E-state index contributed by atoms with van der Waals surface area (Å²) in [5, 5.41) is 5.08. The molecule has 3 heteroatoms. The maximum atomic E-state index is 13.6. The zero-order valence-electron chi connectivity index (χ0n) is 24.9. The molecule has 0 nitrogen and oxygen atoms in total. The van der Waals surface area contributed by atoms with Gasteiger partial charge in [0, 0.05) is 5.41 Å². The molecule has 0 fully saturated rings. The maximum absolute atomic E-state index is 13.6. The minimum Gasteiger partial charge on any atom is -0.166 e. The SMILES string of the molecule is CC(C)(C)c1c2ccccc2cc2ccc(CC(C)(C)c3cccc4c3-c3ccc(C(F)(F)F)cc3C4(C)C)cc12. The van der Waals surface area contributed by atoms with Crippen molar-refractivity contribution in [2.75, 3.05) is 0 Å². The molecule has 0 saturated carbocycles. The Bertz CT molecular complexity index is 1830. The van der Waals surface area contributed by atoms with Gasteiger partial charge in [0.25, 0.3) is 0 Å². The number of alkyl halides is 3. The third-order valence-corrected chi connectivity index (χ3v) is 9.08. The second kappa shape index (κ2) is 8.95. The van der Waals surface area contributed by atoms with Crippen LogP contribution in [0.1, 0.15) is 81.8 Å². The Kier molecular flexibility index (Phi) is 6.02. The lowest BCUT2D eigenvalue weighted by atomic mass is 9.74. The highest BCUT2D eigenvalue weighted by atomic mass is 19.4. The first kappa shape index (κ1) is 27.6. The van der Waals surface area contributed by atoms with E-state index in [1.807, 2.05) is 13.8 Å². The molecule has 5 aromatic rings. The molecular weight excluding hydrogens is 513 g/mol. The third kappa shape index (κ3) is 4.45. The highest BCUT2D eigenvalue weighted by Crippen LogP contribution is 2.53. The van der Waals surface area contributed by atoms with Crippen LogP contribution in [0.2, 0.25) is 0 Å². The van der Waals surface area contributed by atoms with Crippen LogP contribution in [0.3, 0.4) is 0 Å². The number of fused-ring (bicyclic) bond motifs is 5. The average Bonchev–Trinajstić information content (AvgIpc) is 3.12. The summed E-state index contributed by atoms with van der Waals surface area (Å²) >= 11 is 0. The summed E-state index contributed by atoms with van der Waals surface area (Å²) in [6, 6.07) is 28.3. The Morgan fingerprint density at radius 2 is 1.37 bits per heavy atom. The maximum Gasteiger partial charge on any atom is 0.416 e. The first-order valence-corrected chi connectivity index (χ1v) is 14.4. The van der Waals surface area contributed by atoms with Crippen molar-refractivity contribution in [2.45, 2.75) is 77.3 Å². The fourth-order valence-corrected chi connectivity index (χ4v) is 7.16. The lowest BCUT2D eigenvalue weighted by Crippen LogP contribution is -2.22. The molecule has 0 N–H and O–H groups in total. The van der Waals surface area contributed by atoms with Crippen LogP contribution in [0.15, 0.2) is 84.9 Å². The van der Waals surface area contributed by atoms with Gasteiger partial charge in [0.15, 0.2) is 0 Å². The molecule has 0 unspecified atom stereocenters. The first-order valence-electron chi connectivity index (χ1n) is 14.4. The molecule has 210 valence electrons. The van der Waals surface area contributed by atoms with Gasteiger partial charge in [-0.2, -0.15) is 13.2 Å². The van der Waals surface area contributed by atoms with Gasteiger partial charge in [0.2, 0.25) is 0 Å². The van der Waals surface area contributed by atoms with Crippen molar-refractivity contribution in [1.82, 2.24) is 0 Å². The van der Waals surface area contributed by atoms with Gasteiger partial charge in [0.1, 0.15) is 0 Å². The topological polar surface area (TPSA) is 0 Å². The molecule has 41 heavy (non-hydrogen) atoms. The van der Waals surface area contributed by atoms with E-state index in [0.29, 0.717) is 0 Å². The molecule has 0 radical (unpaired) electrons. The van der Waals surface area contributed by atoms with Crippen LogP contribution >= 0.6 is 0 Å². The van der Waals surface area contributed by atoms with Crippen LogP contribution in [-0.4, -0.2) is 0 Å². The average molecular weight is 551 g/mol. The monoisotopic (exact) mass is 550 g/mol. The van der Waals surface area contributed by atoms with E-state index in [4.69, 9.17) is 0 Å². The third-order valence-electron chi connectivity index (χ3n) is 9.08. The molecule has 1 aliphatic carbocycles. The molecule has 0 aromatic heterocycles. The van der Waals surface area contributed by atoms with Gasteiger partial charge in [-0.05, 0) is 95.9 Å². The van der Waals surface area contributed by atoms with Crippen LogP contribution in [0.5, 0.6) is 0 Å². The predicted molar refractivity (Wildman–Crippen MR) is 166 cm³/mol. The molecule has 1 aliphatic rings. The molecular formula is C38H37F3. The lowest BCUT2D eigenvalue weighted by molar-refractivity contribution is -0.137. The molecule has 0 amide bonds. The number of hydrogen-bond acceptors (Lipinski definition) is 0. The fourth-order valence-electron chi connectivity index (χ4n) is 7.16. The van der Waals surface area contributed by atoms with Crippen molar-refractivity contribution in [3.63, 3.8) is 0 Å². The van der Waals surface area contributed by atoms with Crippen molar-refractivity contribution in [1.29, 1.82) is 0 Å². The summed E-state index contributed by atoms with van der Waals surface area (Å²) in [4.78, 5) is 0. The summed E-state index contributed by atoms with van der Waals surface area (Å²) in [6.45, 7) is 15.4. The Morgan fingerprint density at radius 3 is 2.07 bits per heavy atom. The minimum atomic E-state index is -4.37. The molecule has 0 aliphatic heterocycles. The summed E-state index contributed by atoms with van der Waals surface area (Å²) in [7, 11) is 0. The Morgan fingerprint density at radius 1 is 0.659 bits per heavy atom. The van der Waals surface area contributed by atoms with E-state index in [-0.39, 0.29) is 10.8 Å². The van der Waals surface area contributed by atoms with Crippen molar-refractivity contribution in [2.24, 2.45) is 0 Å². The molecule has 6 rings (SSSR count). The van der Waals surface area contributed by atoms with Gasteiger partial charge in [-0.25, -0.2) is 0 Å². The fraction of sp³-hybridized carbons (Fsp3) is 0.316. The van der Waals surface area contributed by atoms with Crippen molar-refractivity contribution >= 4 is 21.5 Å². The molecule has 0 heterocycles. The normalized spacial score (nSPS) is 14.9. The van der Waals surface area contributed by atoms with Gasteiger partial charge in [-0.1, -0.05) is 115 Å². The first-order chi connectivity index (χ1) is 19.1. The van der Waals surface area contributed by atoms with Crippen LogP contribution in [0.25, 0.3) is 32.7 Å². The van der Waals surface area contributed by atoms with Crippen molar-refractivity contribution < 1.29 is 13.2 Å². The Hall–Kier alpha value is -3.59. The van der Waals surface area contributed by atoms with Gasteiger partial charge in [-0.3, -0.25) is 0 Å². The number of halogens is 3. The van der Waals surface area contributed by atoms with E-state index in [2.05, 4.69) is 101 Å². The van der Waals surface area contributed by atoms with E-state index in [0.717, 1.165) is 28.7 Å². The highest BCUT2D eigenvalue weighted by Gasteiger charge is 2.41. The highest BCUT2D eigenvalue weighted by molar-refractivity contribution is 6.03. The van der Waals surface area contributed by atoms with E-state index in [9.17, 15) is 13.2 Å². The summed E-state index contributed by atoms with van der Waals surface area (Å²) < 4.78 is 40.9.